The van der Waals surface area contributed by atoms with Crippen LogP contribution in [0.2, 0.25) is 5.02 Å². The lowest BCUT2D eigenvalue weighted by atomic mass is 10.0. The van der Waals surface area contributed by atoms with Crippen LogP contribution in [-0.4, -0.2) is 61.3 Å². The molecule has 7 heteroatoms. The van der Waals surface area contributed by atoms with E-state index in [9.17, 15) is 9.90 Å². The molecule has 4 rings (SSSR count). The number of hydrogen-bond donors (Lipinski definition) is 2. The molecule has 29 heavy (non-hydrogen) atoms. The van der Waals surface area contributed by atoms with Gasteiger partial charge in [0, 0.05) is 55.5 Å². The van der Waals surface area contributed by atoms with E-state index >= 15 is 0 Å². The summed E-state index contributed by atoms with van der Waals surface area (Å²) < 4.78 is 5.79. The number of β-amino-alcohol motifs (C(OH)–C–C–N with tert-alkyl or cyclic N) is 1. The minimum atomic E-state index is -0.548. The molecule has 1 amide bonds. The molecule has 2 aromatic carbocycles. The number of fused-ring (bicyclic) bond motifs is 1. The molecule has 0 spiro atoms. The molecule has 2 aliphatic heterocycles. The van der Waals surface area contributed by atoms with E-state index in [0.29, 0.717) is 13.0 Å². The highest BCUT2D eigenvalue weighted by atomic mass is 35.5. The molecule has 0 aromatic heterocycles. The van der Waals surface area contributed by atoms with Crippen LogP contribution >= 0.6 is 11.6 Å². The Morgan fingerprint density at radius 3 is 2.59 bits per heavy atom. The topological polar surface area (TPSA) is 65.0 Å². The van der Waals surface area contributed by atoms with Crippen molar-refractivity contribution in [2.24, 2.45) is 0 Å². The van der Waals surface area contributed by atoms with Gasteiger partial charge < -0.3 is 20.1 Å². The monoisotopic (exact) mass is 415 g/mol. The Hall–Kier alpha value is -2.28. The maximum atomic E-state index is 11.4. The van der Waals surface area contributed by atoms with Gasteiger partial charge >= 0.3 is 0 Å². The Labute approximate surface area is 176 Å². The van der Waals surface area contributed by atoms with Crippen LogP contribution in [-0.2, 0) is 11.2 Å². The zero-order chi connectivity index (χ0) is 20.2. The molecular weight excluding hydrogens is 390 g/mol. The number of benzene rings is 2. The molecule has 0 bridgehead atoms. The maximum Gasteiger partial charge on any atom is 0.224 e. The van der Waals surface area contributed by atoms with Crippen LogP contribution in [0.4, 0.5) is 11.4 Å². The number of carbonyl (C=O) groups is 1. The lowest BCUT2D eigenvalue weighted by molar-refractivity contribution is -0.116. The number of amides is 1. The molecule has 1 fully saturated rings. The van der Waals surface area contributed by atoms with E-state index in [-0.39, 0.29) is 12.5 Å². The second-order valence-electron chi connectivity index (χ2n) is 7.60. The number of halogens is 1. The third-order valence-corrected chi connectivity index (χ3v) is 5.70. The first kappa shape index (κ1) is 20.0. The molecular formula is C22H26ClN3O3. The van der Waals surface area contributed by atoms with E-state index < -0.39 is 6.10 Å². The highest BCUT2D eigenvalue weighted by Crippen LogP contribution is 2.27. The number of nitrogens with zero attached hydrogens (tertiary/aromatic N) is 2. The van der Waals surface area contributed by atoms with Crippen molar-refractivity contribution in [2.45, 2.75) is 18.9 Å². The lowest BCUT2D eigenvalue weighted by Gasteiger charge is -2.36. The first-order chi connectivity index (χ1) is 14.1. The predicted molar refractivity (Wildman–Crippen MR) is 115 cm³/mol. The largest absolute Gasteiger partial charge is 0.491 e. The fourth-order valence-corrected chi connectivity index (χ4v) is 3.96. The van der Waals surface area contributed by atoms with Gasteiger partial charge in [0.2, 0.25) is 5.91 Å². The molecule has 0 saturated carbocycles. The lowest BCUT2D eigenvalue weighted by Crippen LogP contribution is -2.49. The summed E-state index contributed by atoms with van der Waals surface area (Å²) in [5, 5.41) is 14.0. The van der Waals surface area contributed by atoms with Crippen LogP contribution in [0, 0.1) is 0 Å². The van der Waals surface area contributed by atoms with Crippen LogP contribution in [0.5, 0.6) is 5.75 Å². The molecule has 0 radical (unpaired) electrons. The number of aliphatic hydroxyl groups is 1. The van der Waals surface area contributed by atoms with Gasteiger partial charge in [-0.2, -0.15) is 0 Å². The first-order valence-corrected chi connectivity index (χ1v) is 10.4. The summed E-state index contributed by atoms with van der Waals surface area (Å²) in [5.41, 5.74) is 3.11. The number of carbonyl (C=O) groups excluding carboxylic acids is 1. The van der Waals surface area contributed by atoms with Gasteiger partial charge in [-0.3, -0.25) is 9.69 Å². The molecule has 0 aliphatic carbocycles. The molecule has 154 valence electrons. The van der Waals surface area contributed by atoms with E-state index in [1.807, 2.05) is 42.5 Å². The third-order valence-electron chi connectivity index (χ3n) is 5.45. The molecule has 1 saturated heterocycles. The fraction of sp³-hybridized carbons (Fsp3) is 0.409. The van der Waals surface area contributed by atoms with Crippen molar-refractivity contribution in [2.75, 3.05) is 49.5 Å². The van der Waals surface area contributed by atoms with Gasteiger partial charge in [-0.05, 0) is 54.4 Å². The summed E-state index contributed by atoms with van der Waals surface area (Å²) in [7, 11) is 0. The molecule has 6 nitrogen and oxygen atoms in total. The van der Waals surface area contributed by atoms with Gasteiger partial charge in [-0.25, -0.2) is 0 Å². The molecule has 2 N–H and O–H groups in total. The minimum absolute atomic E-state index is 0.0535. The van der Waals surface area contributed by atoms with Crippen molar-refractivity contribution in [3.05, 3.63) is 53.1 Å². The molecule has 2 aliphatic rings. The zero-order valence-electron chi connectivity index (χ0n) is 16.3. The SMILES string of the molecule is O=C1CCc2cc(OCC(O)CN3CCN(c4ccc(Cl)cc4)CC3)ccc2N1. The van der Waals surface area contributed by atoms with Crippen molar-refractivity contribution < 1.29 is 14.6 Å². The zero-order valence-corrected chi connectivity index (χ0v) is 17.1. The Morgan fingerprint density at radius 1 is 1.07 bits per heavy atom. The average molecular weight is 416 g/mol. The van der Waals surface area contributed by atoms with E-state index in [1.54, 1.807) is 0 Å². The highest BCUT2D eigenvalue weighted by molar-refractivity contribution is 6.30. The van der Waals surface area contributed by atoms with Crippen LogP contribution in [0.25, 0.3) is 0 Å². The minimum Gasteiger partial charge on any atom is -0.491 e. The quantitative estimate of drug-likeness (QED) is 0.759. The first-order valence-electron chi connectivity index (χ1n) is 10.0. The van der Waals surface area contributed by atoms with Crippen molar-refractivity contribution >= 4 is 28.9 Å². The number of aliphatic hydroxyl groups excluding tert-OH is 1. The van der Waals surface area contributed by atoms with Crippen molar-refractivity contribution in [1.82, 2.24) is 4.90 Å². The molecule has 2 heterocycles. The Balaban J connectivity index is 1.22. The fourth-order valence-electron chi connectivity index (χ4n) is 3.83. The van der Waals surface area contributed by atoms with Gasteiger partial charge in [-0.15, -0.1) is 0 Å². The Morgan fingerprint density at radius 2 is 1.83 bits per heavy atom. The Kier molecular flexibility index (Phi) is 6.23. The summed E-state index contributed by atoms with van der Waals surface area (Å²) in [5.74, 6) is 0.782. The van der Waals surface area contributed by atoms with Gasteiger partial charge in [-0.1, -0.05) is 11.6 Å². The van der Waals surface area contributed by atoms with Gasteiger partial charge in [0.15, 0.2) is 0 Å². The molecule has 2 aromatic rings. The number of ether oxygens (including phenoxy) is 1. The number of anilines is 2. The average Bonchev–Trinajstić information content (AvgIpc) is 2.73. The summed E-state index contributed by atoms with van der Waals surface area (Å²) in [6.07, 6.45) is 0.674. The van der Waals surface area contributed by atoms with Crippen LogP contribution in [0.1, 0.15) is 12.0 Å². The Bertz CT molecular complexity index is 851. The van der Waals surface area contributed by atoms with E-state index in [0.717, 1.165) is 54.6 Å². The predicted octanol–water partition coefficient (Wildman–Crippen LogP) is 2.79. The van der Waals surface area contributed by atoms with E-state index in [2.05, 4.69) is 15.1 Å². The third kappa shape index (κ3) is 5.21. The summed E-state index contributed by atoms with van der Waals surface area (Å²) in [6.45, 7) is 4.49. The number of nitrogens with one attached hydrogen (secondary N) is 1. The van der Waals surface area contributed by atoms with Gasteiger partial charge in [0.05, 0.1) is 0 Å². The second kappa shape index (κ2) is 9.03. The molecule has 1 atom stereocenters. The molecule has 1 unspecified atom stereocenters. The number of rotatable bonds is 6. The van der Waals surface area contributed by atoms with Crippen LogP contribution in [0.3, 0.4) is 0 Å². The summed E-state index contributed by atoms with van der Waals surface area (Å²) >= 11 is 5.96. The number of aryl methyl sites for hydroxylation is 1. The van der Waals surface area contributed by atoms with Crippen molar-refractivity contribution in [3.63, 3.8) is 0 Å². The van der Waals surface area contributed by atoms with E-state index in [4.69, 9.17) is 16.3 Å². The second-order valence-corrected chi connectivity index (χ2v) is 8.03. The van der Waals surface area contributed by atoms with Crippen molar-refractivity contribution in [1.29, 1.82) is 0 Å². The van der Waals surface area contributed by atoms with Gasteiger partial charge in [0.1, 0.15) is 18.5 Å². The number of hydrogen-bond acceptors (Lipinski definition) is 5. The summed E-state index contributed by atoms with van der Waals surface area (Å²) in [6, 6.07) is 13.6. The van der Waals surface area contributed by atoms with Crippen LogP contribution in [0.15, 0.2) is 42.5 Å². The van der Waals surface area contributed by atoms with Crippen molar-refractivity contribution in [3.8, 4) is 5.75 Å². The van der Waals surface area contributed by atoms with Crippen LogP contribution < -0.4 is 15.0 Å². The maximum absolute atomic E-state index is 11.4. The standard InChI is InChI=1S/C22H26ClN3O3/c23-17-2-4-18(5-3-17)26-11-9-25(10-12-26)14-19(27)15-29-20-6-7-21-16(13-20)1-8-22(28)24-21/h2-7,13,19,27H,1,8-12,14-15H2,(H,24,28). The summed E-state index contributed by atoms with van der Waals surface area (Å²) in [4.78, 5) is 16.0. The van der Waals surface area contributed by atoms with E-state index in [1.165, 1.54) is 5.69 Å². The van der Waals surface area contributed by atoms with Gasteiger partial charge in [0.25, 0.3) is 0 Å². The smallest absolute Gasteiger partial charge is 0.224 e. The highest BCUT2D eigenvalue weighted by Gasteiger charge is 2.20. The normalized spacial score (nSPS) is 18.1. The number of piperazine rings is 1.